The smallest absolute Gasteiger partial charge is 0.239 e. The van der Waals surface area contributed by atoms with Crippen molar-refractivity contribution in [2.75, 3.05) is 6.54 Å². The van der Waals surface area contributed by atoms with Crippen LogP contribution < -0.4 is 5.73 Å². The summed E-state index contributed by atoms with van der Waals surface area (Å²) in [5.41, 5.74) is 6.47. The van der Waals surface area contributed by atoms with E-state index in [1.165, 1.54) is 17.0 Å². The summed E-state index contributed by atoms with van der Waals surface area (Å²) in [5.74, 6) is -0.641. The lowest BCUT2D eigenvalue weighted by Crippen LogP contribution is -2.43. The number of hydrogen-bond acceptors (Lipinski definition) is 3. The third-order valence-corrected chi connectivity index (χ3v) is 3.15. The lowest BCUT2D eigenvalue weighted by Gasteiger charge is -2.24. The lowest BCUT2D eigenvalue weighted by molar-refractivity contribution is -0.133. The Bertz CT molecular complexity index is 510. The molecule has 2 N–H and O–H groups in total. The molecule has 108 valence electrons. The van der Waals surface area contributed by atoms with Crippen LogP contribution in [0.4, 0.5) is 4.39 Å². The van der Waals surface area contributed by atoms with Gasteiger partial charge in [0.2, 0.25) is 5.91 Å². The summed E-state index contributed by atoms with van der Waals surface area (Å²) >= 11 is 0. The van der Waals surface area contributed by atoms with Gasteiger partial charge in [-0.05, 0) is 25.5 Å². The van der Waals surface area contributed by atoms with E-state index >= 15 is 0 Å². The van der Waals surface area contributed by atoms with Crippen LogP contribution in [0.5, 0.6) is 0 Å². The minimum Gasteiger partial charge on any atom is -0.337 e. The number of nitrogens with zero attached hydrogens (tertiary/aromatic N) is 2. The van der Waals surface area contributed by atoms with Gasteiger partial charge in [0.25, 0.3) is 0 Å². The Balaban J connectivity index is 2.83. The molecule has 0 heterocycles. The fraction of sp³-hybridized carbons (Fsp3) is 0.467. The summed E-state index contributed by atoms with van der Waals surface area (Å²) in [4.78, 5) is 13.7. The second kappa shape index (κ2) is 7.61. The Morgan fingerprint density at radius 2 is 2.20 bits per heavy atom. The van der Waals surface area contributed by atoms with Gasteiger partial charge in [-0.15, -0.1) is 0 Å². The summed E-state index contributed by atoms with van der Waals surface area (Å²) in [6, 6.07) is 5.60. The molecule has 0 bridgehead atoms. The van der Waals surface area contributed by atoms with Gasteiger partial charge in [-0.1, -0.05) is 19.4 Å². The first kappa shape index (κ1) is 16.1. The van der Waals surface area contributed by atoms with Gasteiger partial charge in [0, 0.05) is 18.7 Å². The van der Waals surface area contributed by atoms with Gasteiger partial charge < -0.3 is 10.6 Å². The predicted molar refractivity (Wildman–Crippen MR) is 75.1 cm³/mol. The van der Waals surface area contributed by atoms with Crippen LogP contribution in [0.1, 0.15) is 37.8 Å². The Morgan fingerprint density at radius 3 is 2.70 bits per heavy atom. The van der Waals surface area contributed by atoms with E-state index in [9.17, 15) is 9.18 Å². The number of halogens is 1. The van der Waals surface area contributed by atoms with Crippen molar-refractivity contribution in [3.05, 3.63) is 35.1 Å². The van der Waals surface area contributed by atoms with Crippen molar-refractivity contribution in [1.29, 1.82) is 5.26 Å². The average molecular weight is 277 g/mol. The number of carbonyl (C=O) groups excluding carboxylic acids is 1. The molecule has 0 fully saturated rings. The quantitative estimate of drug-likeness (QED) is 0.866. The average Bonchev–Trinajstić information content (AvgIpc) is 2.45. The molecule has 1 amide bonds. The predicted octanol–water partition coefficient (Wildman–Crippen LogP) is 2.17. The molecule has 0 aliphatic carbocycles. The second-order valence-corrected chi connectivity index (χ2v) is 4.67. The van der Waals surface area contributed by atoms with Gasteiger partial charge in [-0.2, -0.15) is 5.26 Å². The number of nitrogens with two attached hydrogens (primary N) is 1. The number of benzene rings is 1. The van der Waals surface area contributed by atoms with Crippen molar-refractivity contribution in [3.8, 4) is 6.07 Å². The highest BCUT2D eigenvalue weighted by Gasteiger charge is 2.20. The van der Waals surface area contributed by atoms with Gasteiger partial charge in [0.05, 0.1) is 17.7 Å². The fourth-order valence-electron chi connectivity index (χ4n) is 1.97. The van der Waals surface area contributed by atoms with Crippen molar-refractivity contribution in [2.24, 2.45) is 5.73 Å². The molecule has 0 radical (unpaired) electrons. The van der Waals surface area contributed by atoms with Gasteiger partial charge in [-0.25, -0.2) is 4.39 Å². The molecule has 1 aromatic rings. The Labute approximate surface area is 119 Å². The molecule has 1 aromatic carbocycles. The Kier molecular flexibility index (Phi) is 6.13. The minimum absolute atomic E-state index is 0.168. The van der Waals surface area contributed by atoms with Crippen LogP contribution in [-0.2, 0) is 11.3 Å². The van der Waals surface area contributed by atoms with Crippen LogP contribution in [0, 0.1) is 17.1 Å². The van der Waals surface area contributed by atoms with Crippen LogP contribution in [0.15, 0.2) is 18.2 Å². The normalized spacial score (nSPS) is 11.8. The summed E-state index contributed by atoms with van der Waals surface area (Å²) in [6.45, 7) is 4.43. The summed E-state index contributed by atoms with van der Waals surface area (Å²) in [7, 11) is 0. The third kappa shape index (κ3) is 4.04. The molecular weight excluding hydrogens is 257 g/mol. The second-order valence-electron chi connectivity index (χ2n) is 4.67. The summed E-state index contributed by atoms with van der Waals surface area (Å²) in [6.07, 6.45) is 1.45. The molecule has 1 unspecified atom stereocenters. The van der Waals surface area contributed by atoms with E-state index in [0.29, 0.717) is 18.5 Å². The molecule has 5 heteroatoms. The van der Waals surface area contributed by atoms with Crippen LogP contribution >= 0.6 is 0 Å². The molecule has 0 spiro atoms. The molecule has 0 aromatic heterocycles. The largest absolute Gasteiger partial charge is 0.337 e. The first-order chi connectivity index (χ1) is 9.53. The van der Waals surface area contributed by atoms with E-state index in [0.717, 1.165) is 6.42 Å². The van der Waals surface area contributed by atoms with Crippen molar-refractivity contribution >= 4 is 5.91 Å². The highest BCUT2D eigenvalue weighted by molar-refractivity contribution is 5.81. The maximum atomic E-state index is 13.8. The number of carbonyl (C=O) groups is 1. The zero-order chi connectivity index (χ0) is 15.1. The van der Waals surface area contributed by atoms with E-state index in [1.54, 1.807) is 6.07 Å². The van der Waals surface area contributed by atoms with Crippen molar-refractivity contribution in [3.63, 3.8) is 0 Å². The first-order valence-electron chi connectivity index (χ1n) is 6.76. The molecular formula is C15H20FN3O. The number of hydrogen-bond donors (Lipinski definition) is 1. The van der Waals surface area contributed by atoms with E-state index in [4.69, 9.17) is 11.0 Å². The topological polar surface area (TPSA) is 70.1 Å². The van der Waals surface area contributed by atoms with Gasteiger partial charge in [0.1, 0.15) is 5.82 Å². The highest BCUT2D eigenvalue weighted by Crippen LogP contribution is 2.13. The minimum atomic E-state index is -0.540. The molecule has 0 aliphatic rings. The van der Waals surface area contributed by atoms with E-state index in [2.05, 4.69) is 0 Å². The van der Waals surface area contributed by atoms with Crippen LogP contribution in [0.25, 0.3) is 0 Å². The molecule has 0 aliphatic heterocycles. The van der Waals surface area contributed by atoms with E-state index in [-0.39, 0.29) is 18.0 Å². The van der Waals surface area contributed by atoms with E-state index in [1.807, 2.05) is 19.9 Å². The number of amides is 1. The van der Waals surface area contributed by atoms with Gasteiger partial charge >= 0.3 is 0 Å². The standard InChI is InChI=1S/C15H20FN3O/c1-3-5-14(18)15(20)19(4-2)10-12-7-6-11(9-17)8-13(12)16/h6-8,14H,3-5,10,18H2,1-2H3. The molecule has 1 atom stereocenters. The molecule has 1 rings (SSSR count). The van der Waals surface area contributed by atoms with Gasteiger partial charge in [-0.3, -0.25) is 4.79 Å². The van der Waals surface area contributed by atoms with Crippen LogP contribution in [-0.4, -0.2) is 23.4 Å². The zero-order valence-corrected chi connectivity index (χ0v) is 11.9. The monoisotopic (exact) mass is 277 g/mol. The Morgan fingerprint density at radius 1 is 1.50 bits per heavy atom. The maximum absolute atomic E-state index is 13.8. The van der Waals surface area contributed by atoms with Crippen molar-refractivity contribution in [1.82, 2.24) is 4.90 Å². The summed E-state index contributed by atoms with van der Waals surface area (Å²) in [5, 5.41) is 8.70. The van der Waals surface area contributed by atoms with Crippen molar-refractivity contribution in [2.45, 2.75) is 39.3 Å². The van der Waals surface area contributed by atoms with Crippen LogP contribution in [0.3, 0.4) is 0 Å². The van der Waals surface area contributed by atoms with Crippen molar-refractivity contribution < 1.29 is 9.18 Å². The number of likely N-dealkylation sites (N-methyl/N-ethyl adjacent to an activating group) is 1. The highest BCUT2D eigenvalue weighted by atomic mass is 19.1. The first-order valence-corrected chi connectivity index (χ1v) is 6.76. The molecule has 4 nitrogen and oxygen atoms in total. The number of nitriles is 1. The van der Waals surface area contributed by atoms with Crippen LogP contribution in [0.2, 0.25) is 0 Å². The SMILES string of the molecule is CCCC(N)C(=O)N(CC)Cc1ccc(C#N)cc1F. The maximum Gasteiger partial charge on any atom is 0.239 e. The third-order valence-electron chi connectivity index (χ3n) is 3.15. The fourth-order valence-corrected chi connectivity index (χ4v) is 1.97. The Hall–Kier alpha value is -1.93. The molecule has 20 heavy (non-hydrogen) atoms. The number of rotatable bonds is 6. The molecule has 0 saturated carbocycles. The molecule has 0 saturated heterocycles. The van der Waals surface area contributed by atoms with Gasteiger partial charge in [0.15, 0.2) is 0 Å². The summed E-state index contributed by atoms with van der Waals surface area (Å²) < 4.78 is 13.8. The lowest BCUT2D eigenvalue weighted by atomic mass is 10.1. The zero-order valence-electron chi connectivity index (χ0n) is 11.9. The van der Waals surface area contributed by atoms with E-state index < -0.39 is 11.9 Å².